The van der Waals surface area contributed by atoms with E-state index in [2.05, 4.69) is 15.9 Å². The van der Waals surface area contributed by atoms with Crippen molar-refractivity contribution in [2.45, 2.75) is 26.4 Å². The first-order chi connectivity index (χ1) is 7.80. The Hall–Kier alpha value is -0.620. The van der Waals surface area contributed by atoms with Crippen LogP contribution in [0.15, 0.2) is 0 Å². The Morgan fingerprint density at radius 3 is 2.29 bits per heavy atom. The highest BCUT2D eigenvalue weighted by Gasteiger charge is 2.21. The summed E-state index contributed by atoms with van der Waals surface area (Å²) in [5.74, 6) is -0.573. The fraction of sp³-hybridized carbons (Fsp3) is 0.818. The van der Waals surface area contributed by atoms with Gasteiger partial charge < -0.3 is 14.4 Å². The second kappa shape index (κ2) is 7.66. The molecule has 0 heterocycles. The van der Waals surface area contributed by atoms with E-state index in [9.17, 15) is 9.59 Å². The van der Waals surface area contributed by atoms with Crippen molar-refractivity contribution >= 4 is 27.8 Å². The molecule has 0 aliphatic heterocycles. The number of halogens is 1. The largest absolute Gasteiger partial charge is 0.459 e. The molecule has 5 nitrogen and oxygen atoms in total. The topological polar surface area (TPSA) is 55.8 Å². The number of alkyl halides is 1. The summed E-state index contributed by atoms with van der Waals surface area (Å²) in [6, 6.07) is 0. The first-order valence-corrected chi connectivity index (χ1v) is 6.47. The molecule has 0 rings (SSSR count). The molecule has 0 aromatic rings. The Balaban J connectivity index is 4.32. The van der Waals surface area contributed by atoms with E-state index in [-0.39, 0.29) is 17.8 Å². The van der Waals surface area contributed by atoms with Crippen LogP contribution in [0.2, 0.25) is 0 Å². The van der Waals surface area contributed by atoms with E-state index in [0.717, 1.165) is 0 Å². The molecule has 0 N–H and O–H groups in total. The van der Waals surface area contributed by atoms with E-state index in [4.69, 9.17) is 9.47 Å². The molecule has 0 radical (unpaired) electrons. The zero-order chi connectivity index (χ0) is 13.5. The molecule has 0 aliphatic rings. The van der Waals surface area contributed by atoms with Gasteiger partial charge in [0.1, 0.15) is 12.1 Å². The van der Waals surface area contributed by atoms with Crippen LogP contribution in [0.3, 0.4) is 0 Å². The maximum absolute atomic E-state index is 11.6. The second-order valence-electron chi connectivity index (χ2n) is 4.53. The van der Waals surface area contributed by atoms with Gasteiger partial charge in [0.05, 0.1) is 11.9 Å². The average molecular weight is 310 g/mol. The number of hydrogen-bond acceptors (Lipinski definition) is 4. The third kappa shape index (κ3) is 8.15. The van der Waals surface area contributed by atoms with Crippen LogP contribution < -0.4 is 0 Å². The molecule has 0 spiro atoms. The van der Waals surface area contributed by atoms with Gasteiger partial charge in [0.15, 0.2) is 0 Å². The van der Waals surface area contributed by atoms with E-state index in [1.165, 1.54) is 4.90 Å². The van der Waals surface area contributed by atoms with E-state index in [0.29, 0.717) is 13.2 Å². The molecule has 1 amide bonds. The molecule has 0 unspecified atom stereocenters. The second-order valence-corrected chi connectivity index (χ2v) is 5.09. The van der Waals surface area contributed by atoms with Crippen molar-refractivity contribution in [3.8, 4) is 0 Å². The van der Waals surface area contributed by atoms with Crippen molar-refractivity contribution in [1.82, 2.24) is 4.90 Å². The summed E-state index contributed by atoms with van der Waals surface area (Å²) in [7, 11) is 1.55. The molecule has 0 saturated carbocycles. The summed E-state index contributed by atoms with van der Waals surface area (Å²) >= 11 is 3.07. The van der Waals surface area contributed by atoms with Crippen LogP contribution in [0.1, 0.15) is 20.8 Å². The molecule has 17 heavy (non-hydrogen) atoms. The van der Waals surface area contributed by atoms with Gasteiger partial charge >= 0.3 is 5.97 Å². The highest BCUT2D eigenvalue weighted by molar-refractivity contribution is 9.09. The maximum Gasteiger partial charge on any atom is 0.326 e. The minimum atomic E-state index is -0.540. The molecule has 0 atom stereocenters. The van der Waals surface area contributed by atoms with Crippen LogP contribution in [0.5, 0.6) is 0 Å². The first-order valence-electron chi connectivity index (χ1n) is 5.34. The van der Waals surface area contributed by atoms with Crippen LogP contribution in [-0.4, -0.2) is 54.5 Å². The van der Waals surface area contributed by atoms with Gasteiger partial charge in [-0.25, -0.2) is 0 Å². The zero-order valence-electron chi connectivity index (χ0n) is 10.8. The average Bonchev–Trinajstić information content (AvgIpc) is 2.20. The zero-order valence-corrected chi connectivity index (χ0v) is 12.4. The van der Waals surface area contributed by atoms with Gasteiger partial charge in [-0.3, -0.25) is 9.59 Å². The molecular weight excluding hydrogens is 290 g/mol. The molecule has 6 heteroatoms. The summed E-state index contributed by atoms with van der Waals surface area (Å²) < 4.78 is 10.0. The Bertz CT molecular complexity index is 263. The fourth-order valence-corrected chi connectivity index (χ4v) is 1.46. The standard InChI is InChI=1S/C11H20BrNO4/c1-11(2,3)17-10(15)8-13(5-6-16-4)9(14)7-12/h5-8H2,1-4H3. The quantitative estimate of drug-likeness (QED) is 0.546. The third-order valence-electron chi connectivity index (χ3n) is 1.77. The van der Waals surface area contributed by atoms with Crippen LogP contribution in [0, 0.1) is 0 Å². The minimum Gasteiger partial charge on any atom is -0.459 e. The lowest BCUT2D eigenvalue weighted by Gasteiger charge is -2.24. The lowest BCUT2D eigenvalue weighted by atomic mass is 10.2. The molecule has 100 valence electrons. The summed E-state index contributed by atoms with van der Waals surface area (Å²) in [5.41, 5.74) is -0.540. The predicted octanol–water partition coefficient (Wildman–Crippen LogP) is 1.20. The number of esters is 1. The van der Waals surface area contributed by atoms with Gasteiger partial charge in [-0.2, -0.15) is 0 Å². The first kappa shape index (κ1) is 16.4. The molecule has 0 aromatic heterocycles. The third-order valence-corrected chi connectivity index (χ3v) is 2.25. The van der Waals surface area contributed by atoms with Gasteiger partial charge in [0.25, 0.3) is 0 Å². The normalized spacial score (nSPS) is 11.1. The number of hydrogen-bond donors (Lipinski definition) is 0. The van der Waals surface area contributed by atoms with E-state index < -0.39 is 11.6 Å². The van der Waals surface area contributed by atoms with E-state index >= 15 is 0 Å². The Kier molecular flexibility index (Phi) is 7.38. The van der Waals surface area contributed by atoms with E-state index in [1.807, 2.05) is 0 Å². The van der Waals surface area contributed by atoms with Gasteiger partial charge in [-0.05, 0) is 20.8 Å². The highest BCUT2D eigenvalue weighted by Crippen LogP contribution is 2.07. The van der Waals surface area contributed by atoms with Crippen molar-refractivity contribution in [3.05, 3.63) is 0 Å². The van der Waals surface area contributed by atoms with Crippen molar-refractivity contribution < 1.29 is 19.1 Å². The Labute approximate surface area is 111 Å². The summed E-state index contributed by atoms with van der Waals surface area (Å²) in [6.07, 6.45) is 0. The molecule has 0 saturated heterocycles. The van der Waals surface area contributed by atoms with Gasteiger partial charge in [-0.15, -0.1) is 0 Å². The van der Waals surface area contributed by atoms with Crippen molar-refractivity contribution in [1.29, 1.82) is 0 Å². The van der Waals surface area contributed by atoms with Crippen LogP contribution in [-0.2, 0) is 19.1 Å². The minimum absolute atomic E-state index is 0.0505. The number of nitrogens with zero attached hydrogens (tertiary/aromatic N) is 1. The number of methoxy groups -OCH3 is 1. The summed E-state index contributed by atoms with van der Waals surface area (Å²) in [4.78, 5) is 24.5. The number of carbonyl (C=O) groups is 2. The predicted molar refractivity (Wildman–Crippen MR) is 68.1 cm³/mol. The van der Waals surface area contributed by atoms with Crippen LogP contribution in [0.25, 0.3) is 0 Å². The number of rotatable bonds is 6. The number of carbonyl (C=O) groups excluding carboxylic acids is 2. The van der Waals surface area contributed by atoms with Crippen LogP contribution >= 0.6 is 15.9 Å². The summed E-state index contributed by atoms with van der Waals surface area (Å²) in [5, 5.41) is 0.180. The monoisotopic (exact) mass is 309 g/mol. The lowest BCUT2D eigenvalue weighted by molar-refractivity contribution is -0.158. The van der Waals surface area contributed by atoms with Crippen molar-refractivity contribution in [2.75, 3.05) is 32.1 Å². The lowest BCUT2D eigenvalue weighted by Crippen LogP contribution is -2.41. The number of amides is 1. The number of ether oxygens (including phenoxy) is 2. The highest BCUT2D eigenvalue weighted by atomic mass is 79.9. The molecule has 0 aromatic carbocycles. The SMILES string of the molecule is COCCN(CC(=O)OC(C)(C)C)C(=O)CBr. The molecule has 0 fully saturated rings. The Morgan fingerprint density at radius 2 is 1.88 bits per heavy atom. The van der Waals surface area contributed by atoms with Gasteiger partial charge in [-0.1, -0.05) is 15.9 Å². The van der Waals surface area contributed by atoms with Crippen molar-refractivity contribution in [3.63, 3.8) is 0 Å². The van der Waals surface area contributed by atoms with Gasteiger partial charge in [0.2, 0.25) is 5.91 Å². The van der Waals surface area contributed by atoms with E-state index in [1.54, 1.807) is 27.9 Å². The smallest absolute Gasteiger partial charge is 0.326 e. The Morgan fingerprint density at radius 1 is 1.29 bits per heavy atom. The van der Waals surface area contributed by atoms with Crippen molar-refractivity contribution in [2.24, 2.45) is 0 Å². The fourth-order valence-electron chi connectivity index (χ4n) is 1.11. The summed E-state index contributed by atoms with van der Waals surface area (Å²) in [6.45, 7) is 6.08. The van der Waals surface area contributed by atoms with Gasteiger partial charge in [0, 0.05) is 13.7 Å². The van der Waals surface area contributed by atoms with Crippen LogP contribution in [0.4, 0.5) is 0 Å². The molecule has 0 bridgehead atoms. The molecule has 0 aliphatic carbocycles. The molecular formula is C11H20BrNO4. The maximum atomic E-state index is 11.6.